The highest BCUT2D eigenvalue weighted by atomic mass is 35.5. The van der Waals surface area contributed by atoms with Gasteiger partial charge in [-0.2, -0.15) is 0 Å². The van der Waals surface area contributed by atoms with E-state index in [9.17, 15) is 9.18 Å². The summed E-state index contributed by atoms with van der Waals surface area (Å²) in [7, 11) is 0. The van der Waals surface area contributed by atoms with E-state index in [0.717, 1.165) is 0 Å². The van der Waals surface area contributed by atoms with E-state index in [-0.39, 0.29) is 36.0 Å². The summed E-state index contributed by atoms with van der Waals surface area (Å²) in [4.78, 5) is 11.7. The molecule has 1 aromatic heterocycles. The lowest BCUT2D eigenvalue weighted by atomic mass is 10.2. The van der Waals surface area contributed by atoms with Crippen molar-refractivity contribution in [3.05, 3.63) is 46.0 Å². The monoisotopic (exact) mass is 312 g/mol. The number of carbonyl (C=O) groups is 1. The smallest absolute Gasteiger partial charge is 0.360 e. The maximum Gasteiger partial charge on any atom is 0.360 e. The maximum atomic E-state index is 13.8. The summed E-state index contributed by atoms with van der Waals surface area (Å²) < 4.78 is 20.0. The third-order valence-corrected chi connectivity index (χ3v) is 3.22. The van der Waals surface area contributed by atoms with Gasteiger partial charge < -0.3 is 10.5 Å². The molecule has 0 saturated carbocycles. The van der Waals surface area contributed by atoms with Crippen LogP contribution in [0, 0.1) is 5.82 Å². The van der Waals surface area contributed by atoms with Crippen LogP contribution in [0.3, 0.4) is 0 Å². The van der Waals surface area contributed by atoms with E-state index in [1.807, 2.05) is 0 Å². The van der Waals surface area contributed by atoms with Gasteiger partial charge >= 0.3 is 5.97 Å². The molecule has 0 unspecified atom stereocenters. The molecule has 0 aliphatic heterocycles. The van der Waals surface area contributed by atoms with E-state index >= 15 is 0 Å². The van der Waals surface area contributed by atoms with Crippen LogP contribution < -0.4 is 5.73 Å². The molecular formula is C13H14ClFN4O2. The molecule has 0 aliphatic carbocycles. The van der Waals surface area contributed by atoms with Crippen molar-refractivity contribution in [2.24, 2.45) is 5.73 Å². The highest BCUT2D eigenvalue weighted by Gasteiger charge is 2.21. The molecule has 0 saturated heterocycles. The first-order valence-electron chi connectivity index (χ1n) is 6.30. The largest absolute Gasteiger partial charge is 0.461 e. The molecule has 1 aromatic carbocycles. The predicted molar refractivity (Wildman–Crippen MR) is 74.4 cm³/mol. The van der Waals surface area contributed by atoms with Crippen LogP contribution >= 0.6 is 11.6 Å². The van der Waals surface area contributed by atoms with Crippen LogP contribution in [-0.4, -0.2) is 27.6 Å². The minimum Gasteiger partial charge on any atom is -0.461 e. The average molecular weight is 313 g/mol. The van der Waals surface area contributed by atoms with E-state index in [1.54, 1.807) is 13.0 Å². The van der Waals surface area contributed by atoms with Gasteiger partial charge in [0.1, 0.15) is 5.82 Å². The number of carbonyl (C=O) groups excluding carboxylic acids is 1. The Morgan fingerprint density at radius 3 is 2.90 bits per heavy atom. The highest BCUT2D eigenvalue weighted by molar-refractivity contribution is 6.31. The predicted octanol–water partition coefficient (Wildman–Crippen LogP) is 1.75. The summed E-state index contributed by atoms with van der Waals surface area (Å²) in [5.41, 5.74) is 6.29. The number of aromatic nitrogens is 3. The van der Waals surface area contributed by atoms with Crippen LogP contribution in [0.15, 0.2) is 18.2 Å². The second-order valence-electron chi connectivity index (χ2n) is 4.17. The van der Waals surface area contributed by atoms with Crippen LogP contribution in [0.25, 0.3) is 0 Å². The van der Waals surface area contributed by atoms with Crippen molar-refractivity contribution >= 4 is 17.6 Å². The Kier molecular flexibility index (Phi) is 4.87. The average Bonchev–Trinajstić information content (AvgIpc) is 2.86. The fraction of sp³-hybridized carbons (Fsp3) is 0.308. The van der Waals surface area contributed by atoms with Gasteiger partial charge in [-0.15, -0.1) is 5.10 Å². The molecule has 0 bridgehead atoms. The number of hydrogen-bond donors (Lipinski definition) is 1. The standard InChI is InChI=1S/C13H14ClFN4O2/c1-2-21-13(20)12-11(6-16)19(18-17-12)7-8-9(14)4-3-5-10(8)15/h3-5H,2,6-7,16H2,1H3. The summed E-state index contributed by atoms with van der Waals surface area (Å²) in [5.74, 6) is -1.07. The van der Waals surface area contributed by atoms with Gasteiger partial charge in [0, 0.05) is 17.1 Å². The molecule has 2 aromatic rings. The van der Waals surface area contributed by atoms with E-state index in [2.05, 4.69) is 10.3 Å². The molecule has 0 spiro atoms. The Balaban J connectivity index is 2.35. The zero-order valence-electron chi connectivity index (χ0n) is 11.3. The number of benzene rings is 1. The zero-order chi connectivity index (χ0) is 15.4. The molecular weight excluding hydrogens is 299 g/mol. The summed E-state index contributed by atoms with van der Waals surface area (Å²) >= 11 is 5.97. The second kappa shape index (κ2) is 6.64. The second-order valence-corrected chi connectivity index (χ2v) is 4.57. The van der Waals surface area contributed by atoms with Crippen molar-refractivity contribution in [3.8, 4) is 0 Å². The Bertz CT molecular complexity index is 639. The first-order valence-corrected chi connectivity index (χ1v) is 6.68. The van der Waals surface area contributed by atoms with Crippen LogP contribution in [0.4, 0.5) is 4.39 Å². The number of ether oxygens (including phenoxy) is 1. The van der Waals surface area contributed by atoms with E-state index in [0.29, 0.717) is 5.69 Å². The number of hydrogen-bond acceptors (Lipinski definition) is 5. The number of nitrogens with two attached hydrogens (primary N) is 1. The Hall–Kier alpha value is -1.99. The Morgan fingerprint density at radius 2 is 2.29 bits per heavy atom. The first-order chi connectivity index (χ1) is 10.1. The minimum absolute atomic E-state index is 0.0211. The molecule has 0 atom stereocenters. The van der Waals surface area contributed by atoms with Crippen LogP contribution in [0.2, 0.25) is 5.02 Å². The molecule has 0 aliphatic rings. The van der Waals surface area contributed by atoms with Gasteiger partial charge in [0.2, 0.25) is 0 Å². The third kappa shape index (κ3) is 3.20. The lowest BCUT2D eigenvalue weighted by molar-refractivity contribution is 0.0518. The van der Waals surface area contributed by atoms with Crippen molar-refractivity contribution < 1.29 is 13.9 Å². The number of esters is 1. The molecule has 1 heterocycles. The SMILES string of the molecule is CCOC(=O)c1nnn(Cc2c(F)cccc2Cl)c1CN. The van der Waals surface area contributed by atoms with Crippen molar-refractivity contribution in [2.75, 3.05) is 6.61 Å². The lowest BCUT2D eigenvalue weighted by Gasteiger charge is -2.08. The fourth-order valence-electron chi connectivity index (χ4n) is 1.85. The van der Waals surface area contributed by atoms with E-state index in [1.165, 1.54) is 16.8 Å². The van der Waals surface area contributed by atoms with Gasteiger partial charge in [-0.3, -0.25) is 0 Å². The minimum atomic E-state index is -0.608. The van der Waals surface area contributed by atoms with Gasteiger partial charge in [-0.25, -0.2) is 13.9 Å². The summed E-state index contributed by atoms with van der Waals surface area (Å²) in [6.45, 7) is 1.95. The zero-order valence-corrected chi connectivity index (χ0v) is 12.1. The van der Waals surface area contributed by atoms with Crippen molar-refractivity contribution in [2.45, 2.75) is 20.0 Å². The van der Waals surface area contributed by atoms with Crippen molar-refractivity contribution in [1.82, 2.24) is 15.0 Å². The van der Waals surface area contributed by atoms with Crippen molar-refractivity contribution in [3.63, 3.8) is 0 Å². The quantitative estimate of drug-likeness (QED) is 0.850. The Labute approximate surface area is 125 Å². The topological polar surface area (TPSA) is 83.0 Å². The fourth-order valence-corrected chi connectivity index (χ4v) is 2.08. The van der Waals surface area contributed by atoms with Crippen LogP contribution in [0.5, 0.6) is 0 Å². The molecule has 8 heteroatoms. The van der Waals surface area contributed by atoms with E-state index in [4.69, 9.17) is 22.1 Å². The van der Waals surface area contributed by atoms with Gasteiger partial charge in [0.15, 0.2) is 5.69 Å². The maximum absolute atomic E-state index is 13.8. The van der Waals surface area contributed by atoms with Crippen LogP contribution in [0.1, 0.15) is 28.7 Å². The molecule has 2 rings (SSSR count). The number of nitrogens with zero attached hydrogens (tertiary/aromatic N) is 3. The number of rotatable bonds is 5. The van der Waals surface area contributed by atoms with Gasteiger partial charge in [-0.1, -0.05) is 22.9 Å². The lowest BCUT2D eigenvalue weighted by Crippen LogP contribution is -2.15. The van der Waals surface area contributed by atoms with Crippen molar-refractivity contribution in [1.29, 1.82) is 0 Å². The van der Waals surface area contributed by atoms with Crippen LogP contribution in [-0.2, 0) is 17.8 Å². The Morgan fingerprint density at radius 1 is 1.52 bits per heavy atom. The molecule has 2 N–H and O–H groups in total. The number of halogens is 2. The summed E-state index contributed by atoms with van der Waals surface area (Å²) in [6.07, 6.45) is 0. The molecule has 0 amide bonds. The van der Waals surface area contributed by atoms with Gasteiger partial charge in [0.05, 0.1) is 18.8 Å². The first kappa shape index (κ1) is 15.4. The molecule has 0 fully saturated rings. The molecule has 6 nitrogen and oxygen atoms in total. The normalized spacial score (nSPS) is 10.7. The van der Waals surface area contributed by atoms with Gasteiger partial charge in [0.25, 0.3) is 0 Å². The molecule has 112 valence electrons. The summed E-state index contributed by atoms with van der Waals surface area (Å²) in [6, 6.07) is 4.38. The molecule has 0 radical (unpaired) electrons. The third-order valence-electron chi connectivity index (χ3n) is 2.87. The molecule has 21 heavy (non-hydrogen) atoms. The summed E-state index contributed by atoms with van der Waals surface area (Å²) in [5, 5.41) is 7.85. The highest BCUT2D eigenvalue weighted by Crippen LogP contribution is 2.20. The van der Waals surface area contributed by atoms with E-state index < -0.39 is 11.8 Å². The van der Waals surface area contributed by atoms with Gasteiger partial charge in [-0.05, 0) is 19.1 Å².